The van der Waals surface area contributed by atoms with Crippen LogP contribution in [0.1, 0.15) is 42.2 Å². The second kappa shape index (κ2) is 9.05. The lowest BCUT2D eigenvalue weighted by Crippen LogP contribution is -2.34. The highest BCUT2D eigenvalue weighted by Crippen LogP contribution is 2.38. The summed E-state index contributed by atoms with van der Waals surface area (Å²) in [4.78, 5) is 29.5. The molecule has 144 valence electrons. The van der Waals surface area contributed by atoms with Gasteiger partial charge in [0.1, 0.15) is 5.01 Å². The number of benzene rings is 1. The van der Waals surface area contributed by atoms with Gasteiger partial charge in [0.15, 0.2) is 0 Å². The predicted octanol–water partition coefficient (Wildman–Crippen LogP) is 3.01. The van der Waals surface area contributed by atoms with Crippen molar-refractivity contribution in [2.75, 3.05) is 19.5 Å². The van der Waals surface area contributed by atoms with Crippen LogP contribution in [0.4, 0.5) is 5.13 Å². The van der Waals surface area contributed by atoms with Crippen molar-refractivity contribution in [2.45, 2.75) is 38.0 Å². The van der Waals surface area contributed by atoms with Gasteiger partial charge in [0.25, 0.3) is 0 Å². The molecule has 0 saturated heterocycles. The van der Waals surface area contributed by atoms with E-state index in [4.69, 9.17) is 4.84 Å². The van der Waals surface area contributed by atoms with Crippen molar-refractivity contribution >= 4 is 28.3 Å². The lowest BCUT2D eigenvalue weighted by molar-refractivity contribution is -0.174. The van der Waals surface area contributed by atoms with Crippen molar-refractivity contribution in [3.63, 3.8) is 0 Å². The Labute approximate surface area is 162 Å². The van der Waals surface area contributed by atoms with Gasteiger partial charge in [-0.3, -0.25) is 14.4 Å². The number of hydroxylamine groups is 2. The largest absolute Gasteiger partial charge is 0.300 e. The van der Waals surface area contributed by atoms with E-state index in [9.17, 15) is 9.59 Å². The second-order valence-electron chi connectivity index (χ2n) is 6.73. The number of amides is 2. The molecule has 0 bridgehead atoms. The Hall–Kier alpha value is -2.32. The van der Waals surface area contributed by atoms with E-state index in [1.165, 1.54) is 23.5 Å². The van der Waals surface area contributed by atoms with Crippen molar-refractivity contribution in [3.05, 3.63) is 40.9 Å². The number of hydrogen-bond donors (Lipinski definition) is 1. The summed E-state index contributed by atoms with van der Waals surface area (Å²) in [5.74, 6) is 0.0226. The molecule has 0 radical (unpaired) electrons. The van der Waals surface area contributed by atoms with E-state index in [0.717, 1.165) is 36.3 Å². The Morgan fingerprint density at radius 1 is 1.26 bits per heavy atom. The van der Waals surface area contributed by atoms with Gasteiger partial charge in [-0.05, 0) is 24.8 Å². The Kier molecular flexibility index (Phi) is 6.52. The molecule has 1 heterocycles. The van der Waals surface area contributed by atoms with Crippen molar-refractivity contribution in [2.24, 2.45) is 5.92 Å². The lowest BCUT2D eigenvalue weighted by Gasteiger charge is -2.29. The molecule has 1 aliphatic carbocycles. The Bertz CT molecular complexity index is 780. The number of nitrogens with zero attached hydrogens (tertiary/aromatic N) is 3. The number of anilines is 1. The van der Waals surface area contributed by atoms with E-state index in [0.29, 0.717) is 11.6 Å². The van der Waals surface area contributed by atoms with Crippen LogP contribution in [-0.4, -0.2) is 41.2 Å². The zero-order valence-corrected chi connectivity index (χ0v) is 16.4. The fourth-order valence-corrected chi connectivity index (χ4v) is 4.29. The maximum Gasteiger partial charge on any atom is 0.248 e. The molecule has 27 heavy (non-hydrogen) atoms. The first-order valence-electron chi connectivity index (χ1n) is 9.05. The molecule has 2 aromatic rings. The van der Waals surface area contributed by atoms with Gasteiger partial charge in [0.05, 0.1) is 13.5 Å². The monoisotopic (exact) mass is 388 g/mol. The first kappa shape index (κ1) is 19.4. The van der Waals surface area contributed by atoms with Gasteiger partial charge >= 0.3 is 0 Å². The zero-order chi connectivity index (χ0) is 19.2. The summed E-state index contributed by atoms with van der Waals surface area (Å²) in [7, 11) is 3.13. The number of rotatable bonds is 6. The summed E-state index contributed by atoms with van der Waals surface area (Å²) < 4.78 is 0. The summed E-state index contributed by atoms with van der Waals surface area (Å²) in [6, 6.07) is 9.58. The van der Waals surface area contributed by atoms with Crippen molar-refractivity contribution < 1.29 is 14.4 Å². The molecular formula is C19H24N4O3S. The molecule has 2 amide bonds. The number of hydrogen-bond acceptors (Lipinski definition) is 6. The maximum atomic E-state index is 12.3. The van der Waals surface area contributed by atoms with Crippen LogP contribution in [0.15, 0.2) is 30.3 Å². The highest BCUT2D eigenvalue weighted by molar-refractivity contribution is 7.15. The Balaban J connectivity index is 1.58. The highest BCUT2D eigenvalue weighted by atomic mass is 32.1. The van der Waals surface area contributed by atoms with E-state index in [1.807, 2.05) is 30.3 Å². The van der Waals surface area contributed by atoms with Crippen LogP contribution >= 0.6 is 11.3 Å². The SMILES string of the molecule is CON(C)C(=O)C1CCCC(c2nnc(NC(=O)Cc3ccccc3)s2)C1. The number of carbonyl (C=O) groups excluding carboxylic acids is 2. The van der Waals surface area contributed by atoms with Gasteiger partial charge in [0.2, 0.25) is 16.9 Å². The third kappa shape index (κ3) is 5.11. The Morgan fingerprint density at radius 3 is 2.78 bits per heavy atom. The van der Waals surface area contributed by atoms with Crippen LogP contribution in [0.3, 0.4) is 0 Å². The summed E-state index contributed by atoms with van der Waals surface area (Å²) in [6.45, 7) is 0. The molecule has 1 N–H and O–H groups in total. The smallest absolute Gasteiger partial charge is 0.248 e. The quantitative estimate of drug-likeness (QED) is 0.769. The Morgan fingerprint density at radius 2 is 2.04 bits per heavy atom. The molecule has 1 fully saturated rings. The molecule has 1 aromatic heterocycles. The molecule has 0 spiro atoms. The standard InChI is InChI=1S/C19H24N4O3S/c1-23(26-2)18(25)15-10-6-9-14(12-15)17-21-22-19(27-17)20-16(24)11-13-7-4-3-5-8-13/h3-5,7-8,14-15H,6,9-12H2,1-2H3,(H,20,22,24). The molecule has 1 aliphatic rings. The summed E-state index contributed by atoms with van der Waals surface area (Å²) >= 11 is 1.40. The normalized spacial score (nSPS) is 19.5. The minimum Gasteiger partial charge on any atom is -0.300 e. The molecule has 7 nitrogen and oxygen atoms in total. The average molecular weight is 388 g/mol. The molecule has 0 aliphatic heterocycles. The second-order valence-corrected chi connectivity index (χ2v) is 7.74. The van der Waals surface area contributed by atoms with Gasteiger partial charge in [-0.25, -0.2) is 5.06 Å². The molecule has 1 saturated carbocycles. The van der Waals surface area contributed by atoms with Crippen LogP contribution in [-0.2, 0) is 20.8 Å². The number of carbonyl (C=O) groups is 2. The van der Waals surface area contributed by atoms with Gasteiger partial charge in [-0.1, -0.05) is 48.1 Å². The zero-order valence-electron chi connectivity index (χ0n) is 15.6. The van der Waals surface area contributed by atoms with Gasteiger partial charge in [-0.2, -0.15) is 0 Å². The van der Waals surface area contributed by atoms with E-state index < -0.39 is 0 Å². The van der Waals surface area contributed by atoms with Gasteiger partial charge < -0.3 is 5.32 Å². The molecule has 8 heteroatoms. The summed E-state index contributed by atoms with van der Waals surface area (Å²) in [6.07, 6.45) is 3.85. The van der Waals surface area contributed by atoms with Crippen LogP contribution in [0.5, 0.6) is 0 Å². The van der Waals surface area contributed by atoms with Crippen LogP contribution in [0, 0.1) is 5.92 Å². The van der Waals surface area contributed by atoms with Crippen LogP contribution in [0.2, 0.25) is 0 Å². The molecule has 1 aromatic carbocycles. The van der Waals surface area contributed by atoms with E-state index in [2.05, 4.69) is 15.5 Å². The van der Waals surface area contributed by atoms with Crippen molar-refractivity contribution in [3.8, 4) is 0 Å². The minimum atomic E-state index is -0.109. The third-order valence-electron chi connectivity index (χ3n) is 4.85. The van der Waals surface area contributed by atoms with Gasteiger partial charge in [-0.15, -0.1) is 10.2 Å². The molecule has 2 unspecified atom stereocenters. The average Bonchev–Trinajstić information content (AvgIpc) is 3.16. The summed E-state index contributed by atoms with van der Waals surface area (Å²) in [5.41, 5.74) is 0.954. The minimum absolute atomic E-state index is 0.00287. The third-order valence-corrected chi connectivity index (χ3v) is 5.85. The van der Waals surface area contributed by atoms with E-state index >= 15 is 0 Å². The lowest BCUT2D eigenvalue weighted by atomic mass is 9.81. The molecular weight excluding hydrogens is 364 g/mol. The van der Waals surface area contributed by atoms with Crippen LogP contribution < -0.4 is 5.32 Å². The first-order valence-corrected chi connectivity index (χ1v) is 9.87. The summed E-state index contributed by atoms with van der Waals surface area (Å²) in [5, 5.41) is 13.9. The fraction of sp³-hybridized carbons (Fsp3) is 0.474. The molecule has 2 atom stereocenters. The molecule has 3 rings (SSSR count). The predicted molar refractivity (Wildman–Crippen MR) is 103 cm³/mol. The van der Waals surface area contributed by atoms with E-state index in [1.54, 1.807) is 7.05 Å². The van der Waals surface area contributed by atoms with Gasteiger partial charge in [0, 0.05) is 18.9 Å². The topological polar surface area (TPSA) is 84.4 Å². The fourth-order valence-electron chi connectivity index (χ4n) is 3.38. The van der Waals surface area contributed by atoms with Crippen molar-refractivity contribution in [1.82, 2.24) is 15.3 Å². The van der Waals surface area contributed by atoms with Crippen molar-refractivity contribution in [1.29, 1.82) is 0 Å². The number of aromatic nitrogens is 2. The maximum absolute atomic E-state index is 12.3. The van der Waals surface area contributed by atoms with Crippen LogP contribution in [0.25, 0.3) is 0 Å². The number of nitrogens with one attached hydrogen (secondary N) is 1. The first-order chi connectivity index (χ1) is 13.1. The van der Waals surface area contributed by atoms with E-state index in [-0.39, 0.29) is 23.7 Å². The highest BCUT2D eigenvalue weighted by Gasteiger charge is 2.32.